The summed E-state index contributed by atoms with van der Waals surface area (Å²) in [5.74, 6) is 0.581. The van der Waals surface area contributed by atoms with Crippen LogP contribution in [0.2, 0.25) is 0 Å². The Hall–Kier alpha value is -3.12. The van der Waals surface area contributed by atoms with E-state index in [1.807, 2.05) is 12.3 Å². The fraction of sp³-hybridized carbons (Fsp3) is 0.484. The third kappa shape index (κ3) is 4.68. The van der Waals surface area contributed by atoms with Crippen molar-refractivity contribution >= 4 is 34.1 Å². The van der Waals surface area contributed by atoms with Gasteiger partial charge in [-0.05, 0) is 55.5 Å². The molecule has 2 aromatic carbocycles. The maximum atomic E-state index is 13.9. The van der Waals surface area contributed by atoms with E-state index in [1.165, 1.54) is 30.5 Å². The third-order valence-corrected chi connectivity index (χ3v) is 8.79. The van der Waals surface area contributed by atoms with Crippen molar-refractivity contribution in [2.45, 2.75) is 57.9 Å². The standard InChI is InChI=1S/C31H38N4O2/c1-23(36)34-17-16-27-29(12-7-13-30(27)34)33-20-18-32(19-21-33)22-26-15-14-24-8-5-6-11-28(24)35(26)31(37)25-9-3-2-4-10-25/h5-8,11-13,16-17,25-26H,2-4,9-10,14-15,18-22H2,1H3. The first-order valence-electron chi connectivity index (χ1n) is 14.1. The number of nitrogens with zero attached hydrogens (tertiary/aromatic N) is 4. The van der Waals surface area contributed by atoms with E-state index >= 15 is 0 Å². The van der Waals surface area contributed by atoms with Gasteiger partial charge in [0.25, 0.3) is 0 Å². The molecule has 1 saturated carbocycles. The summed E-state index contributed by atoms with van der Waals surface area (Å²) in [6, 6.07) is 17.1. The molecular weight excluding hydrogens is 460 g/mol. The Morgan fingerprint density at radius 1 is 0.838 bits per heavy atom. The van der Waals surface area contributed by atoms with Gasteiger partial charge in [0.15, 0.2) is 0 Å². The van der Waals surface area contributed by atoms with E-state index in [2.05, 4.69) is 57.2 Å². The number of piperazine rings is 1. The second kappa shape index (κ2) is 10.3. The zero-order valence-electron chi connectivity index (χ0n) is 21.9. The highest BCUT2D eigenvalue weighted by atomic mass is 16.2. The van der Waals surface area contributed by atoms with E-state index in [0.717, 1.165) is 75.0 Å². The number of rotatable bonds is 4. The van der Waals surface area contributed by atoms with Crippen LogP contribution in [0.4, 0.5) is 11.4 Å². The molecule has 6 heteroatoms. The van der Waals surface area contributed by atoms with Gasteiger partial charge >= 0.3 is 0 Å². The molecule has 0 radical (unpaired) electrons. The van der Waals surface area contributed by atoms with Gasteiger partial charge < -0.3 is 9.80 Å². The van der Waals surface area contributed by atoms with Gasteiger partial charge in [-0.15, -0.1) is 0 Å². The van der Waals surface area contributed by atoms with Gasteiger partial charge in [-0.1, -0.05) is 43.5 Å². The molecule has 6 rings (SSSR count). The maximum Gasteiger partial charge on any atom is 0.230 e. The number of hydrogen-bond acceptors (Lipinski definition) is 4. The second-order valence-corrected chi connectivity index (χ2v) is 11.1. The minimum atomic E-state index is 0.0401. The molecule has 1 amide bonds. The average molecular weight is 499 g/mol. The molecule has 1 aliphatic carbocycles. The fourth-order valence-electron chi connectivity index (χ4n) is 6.79. The Balaban J connectivity index is 1.17. The normalized spacial score (nSPS) is 21.3. The molecule has 37 heavy (non-hydrogen) atoms. The van der Waals surface area contributed by atoms with Crippen LogP contribution in [0.1, 0.15) is 55.8 Å². The summed E-state index contributed by atoms with van der Waals surface area (Å²) in [5, 5.41) is 1.14. The van der Waals surface area contributed by atoms with Crippen molar-refractivity contribution in [3.05, 3.63) is 60.3 Å². The minimum absolute atomic E-state index is 0.0401. The molecule has 1 unspecified atom stereocenters. The van der Waals surface area contributed by atoms with Crippen LogP contribution < -0.4 is 9.80 Å². The summed E-state index contributed by atoms with van der Waals surface area (Å²) >= 11 is 0. The van der Waals surface area contributed by atoms with Gasteiger partial charge in [0.2, 0.25) is 11.8 Å². The van der Waals surface area contributed by atoms with Crippen LogP contribution >= 0.6 is 0 Å². The number of benzene rings is 2. The lowest BCUT2D eigenvalue weighted by Crippen LogP contribution is -2.55. The van der Waals surface area contributed by atoms with E-state index in [1.54, 1.807) is 11.5 Å². The first-order chi connectivity index (χ1) is 18.1. The Bertz CT molecular complexity index is 1280. The molecule has 6 nitrogen and oxygen atoms in total. The Labute approximate surface area is 219 Å². The molecule has 3 aliphatic rings. The van der Waals surface area contributed by atoms with Crippen molar-refractivity contribution in [1.29, 1.82) is 0 Å². The summed E-state index contributed by atoms with van der Waals surface area (Å²) in [4.78, 5) is 33.1. The van der Waals surface area contributed by atoms with E-state index in [0.29, 0.717) is 5.91 Å². The van der Waals surface area contributed by atoms with Crippen molar-refractivity contribution in [1.82, 2.24) is 9.47 Å². The molecule has 2 aliphatic heterocycles. The monoisotopic (exact) mass is 498 g/mol. The molecule has 1 saturated heterocycles. The average Bonchev–Trinajstić information content (AvgIpc) is 3.38. The highest BCUT2D eigenvalue weighted by Crippen LogP contribution is 2.35. The topological polar surface area (TPSA) is 48.8 Å². The van der Waals surface area contributed by atoms with Crippen LogP contribution in [-0.2, 0) is 11.2 Å². The highest BCUT2D eigenvalue weighted by molar-refractivity contribution is 5.99. The number of para-hydroxylation sites is 1. The molecule has 1 aromatic heterocycles. The van der Waals surface area contributed by atoms with E-state index in [9.17, 15) is 9.59 Å². The largest absolute Gasteiger partial charge is 0.368 e. The summed E-state index contributed by atoms with van der Waals surface area (Å²) in [7, 11) is 0. The Morgan fingerprint density at radius 3 is 2.38 bits per heavy atom. The van der Waals surface area contributed by atoms with Crippen LogP contribution in [0.25, 0.3) is 10.9 Å². The summed E-state index contributed by atoms with van der Waals surface area (Å²) in [6.45, 7) is 6.40. The predicted molar refractivity (Wildman–Crippen MR) is 150 cm³/mol. The number of amides is 1. The van der Waals surface area contributed by atoms with Gasteiger partial charge in [-0.25, -0.2) is 0 Å². The number of aromatic nitrogens is 1. The molecule has 3 aromatic rings. The number of hydrogen-bond donors (Lipinski definition) is 0. The van der Waals surface area contributed by atoms with Crippen molar-refractivity contribution < 1.29 is 9.59 Å². The zero-order chi connectivity index (χ0) is 25.4. The number of anilines is 2. The second-order valence-electron chi connectivity index (χ2n) is 11.1. The number of fused-ring (bicyclic) bond motifs is 2. The van der Waals surface area contributed by atoms with Gasteiger partial charge in [0.1, 0.15) is 0 Å². The molecule has 0 bridgehead atoms. The SMILES string of the molecule is CC(=O)n1ccc2c(N3CCN(CC4CCc5ccccc5N4C(=O)C4CCCCC4)CC3)cccc21. The van der Waals surface area contributed by atoms with Crippen LogP contribution in [0, 0.1) is 5.92 Å². The summed E-state index contributed by atoms with van der Waals surface area (Å²) in [6.07, 6.45) is 9.67. The summed E-state index contributed by atoms with van der Waals surface area (Å²) in [5.41, 5.74) is 4.65. The predicted octanol–water partition coefficient (Wildman–Crippen LogP) is 5.35. The van der Waals surface area contributed by atoms with Gasteiger partial charge in [-0.3, -0.25) is 19.1 Å². The van der Waals surface area contributed by atoms with Crippen molar-refractivity contribution in [2.75, 3.05) is 42.5 Å². The lowest BCUT2D eigenvalue weighted by molar-refractivity contribution is -0.124. The lowest BCUT2D eigenvalue weighted by Gasteiger charge is -2.44. The maximum absolute atomic E-state index is 13.9. The van der Waals surface area contributed by atoms with Crippen molar-refractivity contribution in [3.8, 4) is 0 Å². The molecule has 1 atom stereocenters. The summed E-state index contributed by atoms with van der Waals surface area (Å²) < 4.78 is 1.73. The Kier molecular flexibility index (Phi) is 6.76. The third-order valence-electron chi connectivity index (χ3n) is 8.79. The first kappa shape index (κ1) is 24.2. The minimum Gasteiger partial charge on any atom is -0.368 e. The van der Waals surface area contributed by atoms with Crippen LogP contribution in [-0.4, -0.2) is 60.0 Å². The molecule has 194 valence electrons. The molecule has 3 heterocycles. The molecule has 0 spiro atoms. The first-order valence-corrected chi connectivity index (χ1v) is 14.1. The fourth-order valence-corrected chi connectivity index (χ4v) is 6.79. The zero-order valence-corrected chi connectivity index (χ0v) is 21.9. The molecular formula is C31H38N4O2. The number of carbonyl (C=O) groups is 2. The molecule has 2 fully saturated rings. The number of aryl methyl sites for hydroxylation is 1. The van der Waals surface area contributed by atoms with Crippen molar-refractivity contribution in [3.63, 3.8) is 0 Å². The van der Waals surface area contributed by atoms with Gasteiger partial charge in [0.05, 0.1) is 5.52 Å². The van der Waals surface area contributed by atoms with Gasteiger partial charge in [0, 0.05) is 74.6 Å². The van der Waals surface area contributed by atoms with Crippen molar-refractivity contribution in [2.24, 2.45) is 5.92 Å². The van der Waals surface area contributed by atoms with Crippen LogP contribution in [0.15, 0.2) is 54.7 Å². The quantitative estimate of drug-likeness (QED) is 0.487. The van der Waals surface area contributed by atoms with Crippen LogP contribution in [0.3, 0.4) is 0 Å². The van der Waals surface area contributed by atoms with Gasteiger partial charge in [-0.2, -0.15) is 0 Å². The Morgan fingerprint density at radius 2 is 1.59 bits per heavy atom. The number of carbonyl (C=O) groups excluding carboxylic acids is 2. The van der Waals surface area contributed by atoms with E-state index in [-0.39, 0.29) is 17.9 Å². The van der Waals surface area contributed by atoms with Crippen LogP contribution in [0.5, 0.6) is 0 Å². The lowest BCUT2D eigenvalue weighted by atomic mass is 9.86. The smallest absolute Gasteiger partial charge is 0.230 e. The van der Waals surface area contributed by atoms with E-state index in [4.69, 9.17) is 0 Å². The highest BCUT2D eigenvalue weighted by Gasteiger charge is 2.36. The molecule has 0 N–H and O–H groups in total. The van der Waals surface area contributed by atoms with E-state index < -0.39 is 0 Å².